The molecule has 232 valence electrons. The van der Waals surface area contributed by atoms with Crippen molar-refractivity contribution >= 4 is 50.7 Å². The van der Waals surface area contributed by atoms with E-state index in [-0.39, 0.29) is 35.7 Å². The molecule has 3 aliphatic heterocycles. The molecule has 3 N–H and O–H groups in total. The molecular formula is C32H41BrN4O6. The minimum absolute atomic E-state index is 0.0124. The fourth-order valence-corrected chi connectivity index (χ4v) is 7.89. The molecule has 3 fully saturated rings. The number of likely N-dealkylation sites (tertiary alicyclic amines) is 1. The van der Waals surface area contributed by atoms with Gasteiger partial charge in [0.25, 0.3) is 0 Å². The standard InChI is InChI=1S/C32H41BrN4O6/c1-4-36(5-2)22-13-9-20(10-14-22)35-30(40)28-32-19-24(33)27(43-32)25(26(32)31(41)37(28)17-7-8-18-38)29(39)34-21-11-15-23(16-12-21)42-6-3/h9-16,24-28,38H,4-8,17-19H2,1-3H3,(H,34,39)(H,35,40)/t24?,25-,26+,27-,28?,32?/m1/s1. The monoisotopic (exact) mass is 656 g/mol. The fraction of sp³-hybridized carbons (Fsp3) is 0.531. The van der Waals surface area contributed by atoms with E-state index in [2.05, 4.69) is 45.3 Å². The highest BCUT2D eigenvalue weighted by Gasteiger charge is 2.76. The first-order valence-electron chi connectivity index (χ1n) is 15.2. The van der Waals surface area contributed by atoms with Gasteiger partial charge in [-0.25, -0.2) is 0 Å². The summed E-state index contributed by atoms with van der Waals surface area (Å²) in [5.74, 6) is -1.80. The van der Waals surface area contributed by atoms with Crippen LogP contribution in [0.4, 0.5) is 17.1 Å². The summed E-state index contributed by atoms with van der Waals surface area (Å²) >= 11 is 3.71. The average Bonchev–Trinajstić information content (AvgIpc) is 3.59. The second-order valence-electron chi connectivity index (χ2n) is 11.3. The van der Waals surface area contributed by atoms with E-state index in [1.807, 2.05) is 31.2 Å². The molecule has 3 aliphatic rings. The van der Waals surface area contributed by atoms with Crippen LogP contribution in [0.15, 0.2) is 48.5 Å². The Morgan fingerprint density at radius 1 is 1.02 bits per heavy atom. The van der Waals surface area contributed by atoms with Gasteiger partial charge >= 0.3 is 0 Å². The average molecular weight is 658 g/mol. The van der Waals surface area contributed by atoms with E-state index in [0.717, 1.165) is 18.8 Å². The van der Waals surface area contributed by atoms with E-state index in [4.69, 9.17) is 9.47 Å². The Bertz CT molecular complexity index is 1300. The van der Waals surface area contributed by atoms with E-state index in [9.17, 15) is 19.5 Å². The fourth-order valence-electron chi connectivity index (χ4n) is 6.95. The molecule has 3 saturated heterocycles. The molecule has 2 aromatic rings. The maximum atomic E-state index is 14.1. The first-order valence-corrected chi connectivity index (χ1v) is 16.1. The Kier molecular flexibility index (Phi) is 9.63. The van der Waals surface area contributed by atoms with Gasteiger partial charge in [-0.05, 0) is 88.6 Å². The van der Waals surface area contributed by atoms with E-state index in [1.54, 1.807) is 29.2 Å². The van der Waals surface area contributed by atoms with Gasteiger partial charge in [-0.3, -0.25) is 14.4 Å². The van der Waals surface area contributed by atoms with Crippen molar-refractivity contribution in [3.8, 4) is 5.75 Å². The minimum Gasteiger partial charge on any atom is -0.494 e. The van der Waals surface area contributed by atoms with Gasteiger partial charge in [-0.15, -0.1) is 0 Å². The number of alkyl halides is 1. The summed E-state index contributed by atoms with van der Waals surface area (Å²) in [6.07, 6.45) is 0.892. The zero-order chi connectivity index (χ0) is 30.7. The van der Waals surface area contributed by atoms with Crippen molar-refractivity contribution in [2.45, 2.75) is 62.6 Å². The summed E-state index contributed by atoms with van der Waals surface area (Å²) in [5, 5.41) is 15.4. The van der Waals surface area contributed by atoms with E-state index in [0.29, 0.717) is 43.0 Å². The van der Waals surface area contributed by atoms with Crippen LogP contribution in [-0.4, -0.2) is 83.2 Å². The number of nitrogens with one attached hydrogen (secondary N) is 2. The topological polar surface area (TPSA) is 120 Å². The molecule has 0 aliphatic carbocycles. The number of ether oxygens (including phenoxy) is 2. The summed E-state index contributed by atoms with van der Waals surface area (Å²) in [4.78, 5) is 45.5. The van der Waals surface area contributed by atoms with Crippen LogP contribution in [0.2, 0.25) is 0 Å². The maximum Gasteiger partial charge on any atom is 0.250 e. The van der Waals surface area contributed by atoms with Crippen LogP contribution in [0.3, 0.4) is 0 Å². The lowest BCUT2D eigenvalue weighted by molar-refractivity contribution is -0.139. The van der Waals surface area contributed by atoms with Gasteiger partial charge in [0.05, 0.1) is 24.5 Å². The third kappa shape index (κ3) is 5.86. The largest absolute Gasteiger partial charge is 0.494 e. The summed E-state index contributed by atoms with van der Waals surface area (Å²) in [5.41, 5.74) is 1.12. The summed E-state index contributed by atoms with van der Waals surface area (Å²) in [7, 11) is 0. The van der Waals surface area contributed by atoms with Crippen molar-refractivity contribution in [2.24, 2.45) is 11.8 Å². The van der Waals surface area contributed by atoms with Crippen molar-refractivity contribution < 1.29 is 29.0 Å². The van der Waals surface area contributed by atoms with Gasteiger partial charge in [0.2, 0.25) is 17.7 Å². The number of unbranched alkanes of at least 4 members (excludes halogenated alkanes) is 1. The molecule has 0 saturated carbocycles. The predicted octanol–water partition coefficient (Wildman–Crippen LogP) is 4.03. The molecule has 3 unspecified atom stereocenters. The summed E-state index contributed by atoms with van der Waals surface area (Å²) < 4.78 is 12.1. The molecular weight excluding hydrogens is 616 g/mol. The number of hydrogen-bond donors (Lipinski definition) is 3. The van der Waals surface area contributed by atoms with Crippen LogP contribution < -0.4 is 20.3 Å². The number of anilines is 3. The van der Waals surface area contributed by atoms with Crippen LogP contribution in [-0.2, 0) is 19.1 Å². The smallest absolute Gasteiger partial charge is 0.250 e. The number of hydrogen-bond acceptors (Lipinski definition) is 7. The lowest BCUT2D eigenvalue weighted by Crippen LogP contribution is -2.54. The molecule has 2 bridgehead atoms. The first kappa shape index (κ1) is 31.3. The first-order chi connectivity index (χ1) is 20.8. The normalized spacial score (nSPS) is 27.2. The van der Waals surface area contributed by atoms with Crippen LogP contribution in [0, 0.1) is 11.8 Å². The van der Waals surface area contributed by atoms with Gasteiger partial charge in [-0.2, -0.15) is 0 Å². The van der Waals surface area contributed by atoms with Crippen molar-refractivity contribution in [1.29, 1.82) is 0 Å². The third-order valence-electron chi connectivity index (χ3n) is 8.84. The molecule has 6 atom stereocenters. The SMILES string of the molecule is CCOc1ccc(NC(=O)[C@H]2[C@@H]3OC4(CC3Br)C(C(=O)Nc3ccc(N(CC)CC)cc3)N(CCCCO)C(=O)[C@H]24)cc1. The highest BCUT2D eigenvalue weighted by molar-refractivity contribution is 9.09. The van der Waals surface area contributed by atoms with E-state index >= 15 is 0 Å². The van der Waals surface area contributed by atoms with Crippen molar-refractivity contribution in [3.63, 3.8) is 0 Å². The number of rotatable bonds is 13. The second-order valence-corrected chi connectivity index (χ2v) is 12.5. The van der Waals surface area contributed by atoms with Crippen molar-refractivity contribution in [2.75, 3.05) is 48.4 Å². The van der Waals surface area contributed by atoms with E-state index in [1.165, 1.54) is 0 Å². The molecule has 5 rings (SSSR count). The second kappa shape index (κ2) is 13.2. The highest BCUT2D eigenvalue weighted by Crippen LogP contribution is 2.60. The molecule has 1 spiro atoms. The molecule has 0 aromatic heterocycles. The lowest BCUT2D eigenvalue weighted by atomic mass is 9.70. The number of aliphatic hydroxyl groups excluding tert-OH is 1. The molecule has 0 radical (unpaired) electrons. The van der Waals surface area contributed by atoms with Crippen LogP contribution in [0.5, 0.6) is 5.75 Å². The van der Waals surface area contributed by atoms with Gasteiger partial charge < -0.3 is 35.0 Å². The van der Waals surface area contributed by atoms with Gasteiger partial charge in [0.1, 0.15) is 17.4 Å². The summed E-state index contributed by atoms with van der Waals surface area (Å²) in [6.45, 7) is 8.65. The zero-order valence-corrected chi connectivity index (χ0v) is 26.5. The zero-order valence-electron chi connectivity index (χ0n) is 24.9. The number of nitrogens with zero attached hydrogens (tertiary/aromatic N) is 2. The number of halogens is 1. The lowest BCUT2D eigenvalue weighted by Gasteiger charge is -2.34. The Morgan fingerprint density at radius 3 is 2.26 bits per heavy atom. The number of amides is 3. The molecule has 43 heavy (non-hydrogen) atoms. The molecule has 3 amide bonds. The van der Waals surface area contributed by atoms with Gasteiger partial charge in [0.15, 0.2) is 0 Å². The van der Waals surface area contributed by atoms with E-state index < -0.39 is 29.6 Å². The quantitative estimate of drug-likeness (QED) is 0.220. The minimum atomic E-state index is -1.15. The number of carbonyl (C=O) groups is 3. The maximum absolute atomic E-state index is 14.1. The molecule has 11 heteroatoms. The molecule has 10 nitrogen and oxygen atoms in total. The van der Waals surface area contributed by atoms with Crippen LogP contribution >= 0.6 is 15.9 Å². The predicted molar refractivity (Wildman–Crippen MR) is 169 cm³/mol. The number of aliphatic hydroxyl groups is 1. The van der Waals surface area contributed by atoms with Crippen LogP contribution in [0.25, 0.3) is 0 Å². The number of carbonyl (C=O) groups excluding carboxylic acids is 3. The Balaban J connectivity index is 1.41. The van der Waals surface area contributed by atoms with Crippen molar-refractivity contribution in [1.82, 2.24) is 4.90 Å². The van der Waals surface area contributed by atoms with Crippen molar-refractivity contribution in [3.05, 3.63) is 48.5 Å². The Morgan fingerprint density at radius 2 is 1.65 bits per heavy atom. The van der Waals surface area contributed by atoms with Gasteiger partial charge in [0, 0.05) is 48.1 Å². The number of fused-ring (bicyclic) bond motifs is 1. The summed E-state index contributed by atoms with van der Waals surface area (Å²) in [6, 6.07) is 13.8. The Hall–Kier alpha value is -3.15. The number of benzene rings is 2. The molecule has 3 heterocycles. The Labute approximate surface area is 261 Å². The third-order valence-corrected chi connectivity index (χ3v) is 9.69. The van der Waals surface area contributed by atoms with Gasteiger partial charge in [-0.1, -0.05) is 15.9 Å². The van der Waals surface area contributed by atoms with Crippen LogP contribution in [0.1, 0.15) is 40.0 Å². The highest BCUT2D eigenvalue weighted by atomic mass is 79.9. The molecule has 2 aromatic carbocycles.